The fourth-order valence-electron chi connectivity index (χ4n) is 1.24. The molecule has 106 valence electrons. The van der Waals surface area contributed by atoms with E-state index in [2.05, 4.69) is 0 Å². The minimum atomic E-state index is -4.00. The van der Waals surface area contributed by atoms with Crippen molar-refractivity contribution in [2.75, 3.05) is 6.61 Å². The highest BCUT2D eigenvalue weighted by Gasteiger charge is 2.20. The molecule has 0 atom stereocenters. The normalized spacial score (nSPS) is 11.4. The van der Waals surface area contributed by atoms with E-state index in [1.54, 1.807) is 0 Å². The molecule has 0 heterocycles. The topological polar surface area (TPSA) is 60.4 Å². The van der Waals surface area contributed by atoms with Crippen LogP contribution in [0.1, 0.15) is 30.1 Å². The molecule has 0 fully saturated rings. The third-order valence-corrected chi connectivity index (χ3v) is 4.37. The van der Waals surface area contributed by atoms with E-state index in [1.807, 2.05) is 6.92 Å². The monoisotopic (exact) mass is 344 g/mol. The van der Waals surface area contributed by atoms with E-state index in [4.69, 9.17) is 38.6 Å². The van der Waals surface area contributed by atoms with Crippen molar-refractivity contribution in [3.63, 3.8) is 0 Å². The van der Waals surface area contributed by atoms with Gasteiger partial charge in [0, 0.05) is 10.7 Å². The molecule has 1 aromatic rings. The van der Waals surface area contributed by atoms with Gasteiger partial charge >= 0.3 is 5.97 Å². The maximum absolute atomic E-state index is 11.8. The number of unbranched alkanes of at least 4 members (excludes halogenated alkanes) is 1. The van der Waals surface area contributed by atoms with Crippen LogP contribution in [-0.4, -0.2) is 21.0 Å². The molecule has 0 aliphatic carbocycles. The van der Waals surface area contributed by atoms with Crippen LogP contribution in [0.4, 0.5) is 0 Å². The summed E-state index contributed by atoms with van der Waals surface area (Å²) in [6, 6.07) is 2.12. The molecule has 0 amide bonds. The standard InChI is InChI=1S/C11H11Cl3O4S/c1-2-3-4-18-11(15)8-5-7(19(14,16)17)6-9(12)10(8)13/h5-6H,2-4H2,1H3. The SMILES string of the molecule is CCCCOC(=O)c1cc(S(=O)(=O)Cl)cc(Cl)c1Cl. The fraction of sp³-hybridized carbons (Fsp3) is 0.364. The van der Waals surface area contributed by atoms with Crippen molar-refractivity contribution >= 4 is 48.9 Å². The Morgan fingerprint density at radius 2 is 1.95 bits per heavy atom. The highest BCUT2D eigenvalue weighted by Crippen LogP contribution is 2.31. The molecule has 4 nitrogen and oxygen atoms in total. The first-order valence-electron chi connectivity index (χ1n) is 5.38. The Bertz CT molecular complexity index is 584. The first-order valence-corrected chi connectivity index (χ1v) is 8.44. The van der Waals surface area contributed by atoms with Crippen LogP contribution in [-0.2, 0) is 13.8 Å². The van der Waals surface area contributed by atoms with Gasteiger partial charge in [-0.25, -0.2) is 13.2 Å². The van der Waals surface area contributed by atoms with E-state index in [9.17, 15) is 13.2 Å². The number of carbonyl (C=O) groups is 1. The molecule has 1 rings (SSSR count). The quantitative estimate of drug-likeness (QED) is 0.461. The number of carbonyl (C=O) groups excluding carboxylic acids is 1. The third kappa shape index (κ3) is 4.53. The summed E-state index contributed by atoms with van der Waals surface area (Å²) >= 11 is 11.6. The van der Waals surface area contributed by atoms with Gasteiger partial charge in [0.15, 0.2) is 0 Å². The van der Waals surface area contributed by atoms with Gasteiger partial charge in [-0.05, 0) is 18.6 Å². The Morgan fingerprint density at radius 3 is 2.47 bits per heavy atom. The van der Waals surface area contributed by atoms with Crippen molar-refractivity contribution in [3.8, 4) is 0 Å². The maximum Gasteiger partial charge on any atom is 0.339 e. The lowest BCUT2D eigenvalue weighted by atomic mass is 10.2. The van der Waals surface area contributed by atoms with Gasteiger partial charge in [-0.15, -0.1) is 0 Å². The number of hydrogen-bond acceptors (Lipinski definition) is 4. The second-order valence-corrected chi connectivity index (χ2v) is 7.05. The molecule has 0 bridgehead atoms. The van der Waals surface area contributed by atoms with Crippen LogP contribution in [0.5, 0.6) is 0 Å². The summed E-state index contributed by atoms with van der Waals surface area (Å²) in [5.41, 5.74) is -0.121. The van der Waals surface area contributed by atoms with E-state index in [1.165, 1.54) is 0 Å². The summed E-state index contributed by atoms with van der Waals surface area (Å²) in [4.78, 5) is 11.5. The van der Waals surface area contributed by atoms with Crippen molar-refractivity contribution in [2.45, 2.75) is 24.7 Å². The number of ether oxygens (including phenoxy) is 1. The summed E-state index contributed by atoms with van der Waals surface area (Å²) in [6.45, 7) is 2.17. The minimum absolute atomic E-state index is 0.0627. The lowest BCUT2D eigenvalue weighted by Crippen LogP contribution is -2.08. The number of rotatable bonds is 5. The van der Waals surface area contributed by atoms with Gasteiger partial charge in [-0.3, -0.25) is 0 Å². The van der Waals surface area contributed by atoms with Crippen LogP contribution in [0, 0.1) is 0 Å². The molecule has 8 heteroatoms. The van der Waals surface area contributed by atoms with Gasteiger partial charge < -0.3 is 4.74 Å². The number of benzene rings is 1. The van der Waals surface area contributed by atoms with Gasteiger partial charge in [0.05, 0.1) is 27.1 Å². The fourth-order valence-corrected chi connectivity index (χ4v) is 2.50. The summed E-state index contributed by atoms with van der Waals surface area (Å²) < 4.78 is 27.4. The van der Waals surface area contributed by atoms with E-state index >= 15 is 0 Å². The molecular weight excluding hydrogens is 335 g/mol. The third-order valence-electron chi connectivity index (χ3n) is 2.23. The predicted octanol–water partition coefficient (Wildman–Crippen LogP) is 3.88. The van der Waals surface area contributed by atoms with Crippen molar-refractivity contribution in [1.29, 1.82) is 0 Å². The highest BCUT2D eigenvalue weighted by molar-refractivity contribution is 8.13. The molecule has 0 aliphatic heterocycles. The second kappa shape index (κ2) is 6.79. The first-order chi connectivity index (χ1) is 8.77. The van der Waals surface area contributed by atoms with Crippen LogP contribution < -0.4 is 0 Å². The Balaban J connectivity index is 3.13. The zero-order valence-electron chi connectivity index (χ0n) is 9.95. The lowest BCUT2D eigenvalue weighted by Gasteiger charge is -2.08. The lowest BCUT2D eigenvalue weighted by molar-refractivity contribution is 0.0499. The van der Waals surface area contributed by atoms with Crippen LogP contribution in [0.3, 0.4) is 0 Å². The average Bonchev–Trinajstić information content (AvgIpc) is 2.31. The Labute approximate surface area is 126 Å². The Kier molecular flexibility index (Phi) is 5.92. The molecule has 0 radical (unpaired) electrons. The minimum Gasteiger partial charge on any atom is -0.462 e. The van der Waals surface area contributed by atoms with E-state index in [0.717, 1.165) is 18.6 Å². The second-order valence-electron chi connectivity index (χ2n) is 3.69. The molecule has 19 heavy (non-hydrogen) atoms. The number of halogens is 3. The highest BCUT2D eigenvalue weighted by atomic mass is 35.7. The van der Waals surface area contributed by atoms with Gasteiger partial charge in [0.1, 0.15) is 0 Å². The first kappa shape index (κ1) is 16.6. The average molecular weight is 346 g/mol. The van der Waals surface area contributed by atoms with Crippen molar-refractivity contribution in [2.24, 2.45) is 0 Å². The van der Waals surface area contributed by atoms with Crippen LogP contribution in [0.15, 0.2) is 17.0 Å². The maximum atomic E-state index is 11.8. The molecule has 0 aliphatic rings. The molecule has 0 N–H and O–H groups in total. The van der Waals surface area contributed by atoms with E-state index in [-0.39, 0.29) is 27.1 Å². The molecular formula is C11H11Cl3O4S. The molecule has 0 saturated heterocycles. The smallest absolute Gasteiger partial charge is 0.339 e. The van der Waals surface area contributed by atoms with E-state index in [0.29, 0.717) is 6.42 Å². The van der Waals surface area contributed by atoms with Crippen molar-refractivity contribution in [1.82, 2.24) is 0 Å². The number of hydrogen-bond donors (Lipinski definition) is 0. The van der Waals surface area contributed by atoms with Gasteiger partial charge in [0.2, 0.25) is 0 Å². The van der Waals surface area contributed by atoms with Crippen molar-refractivity contribution < 1.29 is 17.9 Å². The zero-order valence-corrected chi connectivity index (χ0v) is 13.0. The van der Waals surface area contributed by atoms with Crippen LogP contribution in [0.2, 0.25) is 10.0 Å². The summed E-state index contributed by atoms with van der Waals surface area (Å²) in [5.74, 6) is -0.734. The van der Waals surface area contributed by atoms with Crippen LogP contribution >= 0.6 is 33.9 Å². The molecule has 0 spiro atoms. The predicted molar refractivity (Wildman–Crippen MR) is 74.7 cm³/mol. The van der Waals surface area contributed by atoms with E-state index < -0.39 is 15.0 Å². The molecule has 0 aromatic heterocycles. The van der Waals surface area contributed by atoms with Gasteiger partial charge in [0.25, 0.3) is 9.05 Å². The summed E-state index contributed by atoms with van der Waals surface area (Å²) in [5, 5.41) is -0.141. The summed E-state index contributed by atoms with van der Waals surface area (Å²) in [7, 11) is 1.20. The Morgan fingerprint density at radius 1 is 1.32 bits per heavy atom. The Hall–Kier alpha value is -0.490. The molecule has 0 unspecified atom stereocenters. The molecule has 1 aromatic carbocycles. The van der Waals surface area contributed by atoms with Crippen molar-refractivity contribution in [3.05, 3.63) is 27.7 Å². The van der Waals surface area contributed by atoms with Crippen LogP contribution in [0.25, 0.3) is 0 Å². The number of esters is 1. The largest absolute Gasteiger partial charge is 0.462 e. The zero-order chi connectivity index (χ0) is 14.6. The molecule has 0 saturated carbocycles. The van der Waals surface area contributed by atoms with Gasteiger partial charge in [-0.1, -0.05) is 36.5 Å². The van der Waals surface area contributed by atoms with Gasteiger partial charge in [-0.2, -0.15) is 0 Å². The summed E-state index contributed by atoms with van der Waals surface area (Å²) in [6.07, 6.45) is 1.56.